The van der Waals surface area contributed by atoms with Gasteiger partial charge in [0.25, 0.3) is 0 Å². The Morgan fingerprint density at radius 1 is 0.765 bits per heavy atom. The molecule has 0 radical (unpaired) electrons. The van der Waals surface area contributed by atoms with Crippen LogP contribution in [-0.4, -0.2) is 6.36 Å². The van der Waals surface area contributed by atoms with Crippen LogP contribution in [0, 0.1) is 35.2 Å². The smallest absolute Gasteiger partial charge is 0.399 e. The normalized spacial score (nSPS) is 25.9. The zero-order valence-electron chi connectivity index (χ0n) is 19.2. The number of alkyl halides is 3. The van der Waals surface area contributed by atoms with Gasteiger partial charge in [0.05, 0.1) is 0 Å². The van der Waals surface area contributed by atoms with Gasteiger partial charge in [0, 0.05) is 5.56 Å². The molecule has 0 aliphatic heterocycles. The van der Waals surface area contributed by atoms with Crippen molar-refractivity contribution in [2.24, 2.45) is 17.8 Å². The lowest BCUT2D eigenvalue weighted by molar-refractivity contribution is -0.276. The van der Waals surface area contributed by atoms with E-state index in [1.807, 2.05) is 0 Å². The summed E-state index contributed by atoms with van der Waals surface area (Å²) in [6, 6.07) is 5.90. The van der Waals surface area contributed by atoms with Crippen LogP contribution in [0.3, 0.4) is 0 Å². The van der Waals surface area contributed by atoms with E-state index in [-0.39, 0.29) is 17.0 Å². The third-order valence-electron chi connectivity index (χ3n) is 7.90. The molecule has 2 fully saturated rings. The van der Waals surface area contributed by atoms with E-state index in [2.05, 4.69) is 11.7 Å². The molecule has 0 bridgehead atoms. The van der Waals surface area contributed by atoms with Gasteiger partial charge in [0.1, 0.15) is 5.82 Å². The van der Waals surface area contributed by atoms with Crippen molar-refractivity contribution in [3.8, 4) is 16.9 Å². The van der Waals surface area contributed by atoms with Crippen molar-refractivity contribution >= 4 is 0 Å². The summed E-state index contributed by atoms with van der Waals surface area (Å²) < 4.78 is 83.5. The van der Waals surface area contributed by atoms with Crippen LogP contribution in [0.1, 0.15) is 76.2 Å². The maximum atomic E-state index is 14.9. The molecule has 7 heteroatoms. The Balaban J connectivity index is 1.42. The van der Waals surface area contributed by atoms with Crippen molar-refractivity contribution in [3.63, 3.8) is 0 Å². The van der Waals surface area contributed by atoms with Gasteiger partial charge in [0.15, 0.2) is 11.6 Å². The van der Waals surface area contributed by atoms with E-state index in [0.29, 0.717) is 12.1 Å². The molecular weight excluding hydrogens is 454 g/mol. The van der Waals surface area contributed by atoms with Crippen LogP contribution in [0.15, 0.2) is 30.3 Å². The highest BCUT2D eigenvalue weighted by Gasteiger charge is 2.34. The van der Waals surface area contributed by atoms with Crippen molar-refractivity contribution < 1.29 is 31.1 Å². The van der Waals surface area contributed by atoms with Crippen LogP contribution in [0.25, 0.3) is 11.1 Å². The molecule has 2 aliphatic carbocycles. The molecule has 0 spiro atoms. The van der Waals surface area contributed by atoms with Crippen LogP contribution >= 0.6 is 0 Å². The molecular formula is C27H30F6O. The van der Waals surface area contributed by atoms with Gasteiger partial charge in [-0.2, -0.15) is 0 Å². The Morgan fingerprint density at radius 2 is 1.32 bits per heavy atom. The molecule has 1 nitrogen and oxygen atoms in total. The molecule has 0 heterocycles. The van der Waals surface area contributed by atoms with Gasteiger partial charge < -0.3 is 4.74 Å². The van der Waals surface area contributed by atoms with Gasteiger partial charge in [0.2, 0.25) is 5.75 Å². The number of rotatable bonds is 5. The van der Waals surface area contributed by atoms with Crippen LogP contribution < -0.4 is 4.74 Å². The van der Waals surface area contributed by atoms with Gasteiger partial charge in [-0.05, 0) is 91.5 Å². The summed E-state index contributed by atoms with van der Waals surface area (Å²) >= 11 is 0. The van der Waals surface area contributed by atoms with E-state index in [1.54, 1.807) is 6.07 Å². The van der Waals surface area contributed by atoms with Crippen molar-refractivity contribution in [2.45, 2.75) is 77.0 Å². The van der Waals surface area contributed by atoms with E-state index in [9.17, 15) is 26.3 Å². The summed E-state index contributed by atoms with van der Waals surface area (Å²) in [5.74, 6) is -2.62. The first-order valence-corrected chi connectivity index (χ1v) is 12.2. The van der Waals surface area contributed by atoms with Gasteiger partial charge in [-0.1, -0.05) is 38.3 Å². The second-order valence-electron chi connectivity index (χ2n) is 9.86. The van der Waals surface area contributed by atoms with Crippen molar-refractivity contribution in [3.05, 3.63) is 53.3 Å². The summed E-state index contributed by atoms with van der Waals surface area (Å²) in [7, 11) is 0. The lowest BCUT2D eigenvalue weighted by Gasteiger charge is -2.38. The van der Waals surface area contributed by atoms with Gasteiger partial charge in [-0.15, -0.1) is 13.2 Å². The fraction of sp³-hybridized carbons (Fsp3) is 0.556. The Bertz CT molecular complexity index is 962. The molecule has 4 rings (SSSR count). The zero-order chi connectivity index (χ0) is 24.5. The summed E-state index contributed by atoms with van der Waals surface area (Å²) in [4.78, 5) is 0. The van der Waals surface area contributed by atoms with Gasteiger partial charge in [-0.25, -0.2) is 13.2 Å². The number of halogens is 6. The van der Waals surface area contributed by atoms with Gasteiger partial charge in [-0.3, -0.25) is 0 Å². The molecule has 2 saturated carbocycles. The molecule has 186 valence electrons. The van der Waals surface area contributed by atoms with E-state index in [0.717, 1.165) is 49.0 Å². The standard InChI is InChI=1S/C27H30F6O/c1-2-16-3-5-17(6-4-16)18-7-9-19(10-8-18)20-11-12-22(23(28)13-20)21-14-24(29)26(25(30)15-21)34-27(31,32)33/h11-19H,2-10H2,1H3. The number of benzene rings is 2. The molecule has 0 N–H and O–H groups in total. The predicted molar refractivity (Wildman–Crippen MR) is 119 cm³/mol. The minimum atomic E-state index is -5.23. The predicted octanol–water partition coefficient (Wildman–Crippen LogP) is 9.16. The molecule has 0 unspecified atom stereocenters. The molecule has 2 aromatic carbocycles. The van der Waals surface area contributed by atoms with Crippen molar-refractivity contribution in [1.29, 1.82) is 0 Å². The third-order valence-corrected chi connectivity index (χ3v) is 7.90. The first-order valence-electron chi connectivity index (χ1n) is 12.2. The summed E-state index contributed by atoms with van der Waals surface area (Å²) in [5, 5.41) is 0. The Kier molecular flexibility index (Phi) is 7.48. The molecule has 0 amide bonds. The maximum Gasteiger partial charge on any atom is 0.573 e. The maximum absolute atomic E-state index is 14.9. The highest BCUT2D eigenvalue weighted by molar-refractivity contribution is 5.66. The van der Waals surface area contributed by atoms with E-state index in [1.165, 1.54) is 44.2 Å². The fourth-order valence-corrected chi connectivity index (χ4v) is 5.94. The Morgan fingerprint density at radius 3 is 1.82 bits per heavy atom. The molecule has 34 heavy (non-hydrogen) atoms. The Labute approximate surface area is 196 Å². The number of hydrogen-bond acceptors (Lipinski definition) is 1. The van der Waals surface area contributed by atoms with Crippen LogP contribution in [0.4, 0.5) is 26.3 Å². The van der Waals surface area contributed by atoms with Gasteiger partial charge >= 0.3 is 6.36 Å². The largest absolute Gasteiger partial charge is 0.573 e. The van der Waals surface area contributed by atoms with Crippen LogP contribution in [0.5, 0.6) is 5.75 Å². The third kappa shape index (κ3) is 5.72. The molecule has 0 atom stereocenters. The van der Waals surface area contributed by atoms with Crippen LogP contribution in [0.2, 0.25) is 0 Å². The summed E-state index contributed by atoms with van der Waals surface area (Å²) in [6.45, 7) is 2.27. The molecule has 0 saturated heterocycles. The molecule has 2 aliphatic rings. The SMILES string of the molecule is CCC1CCC(C2CCC(c3ccc(-c4cc(F)c(OC(F)(F)F)c(F)c4)c(F)c3)CC2)CC1. The molecule has 0 aromatic heterocycles. The minimum Gasteiger partial charge on any atom is -0.399 e. The highest BCUT2D eigenvalue weighted by Crippen LogP contribution is 2.45. The quantitative estimate of drug-likeness (QED) is 0.385. The first kappa shape index (κ1) is 24.9. The van der Waals surface area contributed by atoms with Crippen molar-refractivity contribution in [2.75, 3.05) is 0 Å². The van der Waals surface area contributed by atoms with E-state index >= 15 is 0 Å². The van der Waals surface area contributed by atoms with E-state index < -0.39 is 29.6 Å². The average molecular weight is 485 g/mol. The topological polar surface area (TPSA) is 9.23 Å². The average Bonchev–Trinajstić information content (AvgIpc) is 2.81. The summed E-state index contributed by atoms with van der Waals surface area (Å²) in [6.07, 6.45) is 5.58. The monoisotopic (exact) mass is 484 g/mol. The second kappa shape index (κ2) is 10.2. The van der Waals surface area contributed by atoms with Crippen molar-refractivity contribution in [1.82, 2.24) is 0 Å². The van der Waals surface area contributed by atoms with E-state index in [4.69, 9.17) is 0 Å². The minimum absolute atomic E-state index is 0.0681. The lowest BCUT2D eigenvalue weighted by atomic mass is 9.68. The molecule has 2 aromatic rings. The second-order valence-corrected chi connectivity index (χ2v) is 9.86. The summed E-state index contributed by atoms with van der Waals surface area (Å²) in [5.41, 5.74) is 0.605. The number of hydrogen-bond donors (Lipinski definition) is 0. The van der Waals surface area contributed by atoms with Crippen LogP contribution in [-0.2, 0) is 0 Å². The fourth-order valence-electron chi connectivity index (χ4n) is 5.94. The lowest BCUT2D eigenvalue weighted by Crippen LogP contribution is -2.25. The number of ether oxygens (including phenoxy) is 1. The Hall–Kier alpha value is -2.18. The zero-order valence-corrected chi connectivity index (χ0v) is 19.2. The first-order chi connectivity index (χ1) is 16.1. The highest BCUT2D eigenvalue weighted by atomic mass is 19.4.